The van der Waals surface area contributed by atoms with Gasteiger partial charge >= 0.3 is 5.97 Å². The number of rotatable bonds is 7. The Morgan fingerprint density at radius 3 is 2.88 bits per heavy atom. The fourth-order valence-electron chi connectivity index (χ4n) is 0.881. The Balaban J connectivity index is 2.38. The molecule has 0 amide bonds. The molecule has 6 nitrogen and oxygen atoms in total. The molecule has 8 heteroatoms. The molecule has 1 aromatic rings. The lowest BCUT2D eigenvalue weighted by Crippen LogP contribution is -2.31. The summed E-state index contributed by atoms with van der Waals surface area (Å²) in [4.78, 5) is 12.5. The third kappa shape index (κ3) is 5.33. The van der Waals surface area contributed by atoms with E-state index in [1.54, 1.807) is 0 Å². The molecule has 0 saturated carbocycles. The molecule has 0 aliphatic heterocycles. The minimum Gasteiger partial charge on any atom is -0.481 e. The first-order valence-electron chi connectivity index (χ1n) is 5.07. The lowest BCUT2D eigenvalue weighted by molar-refractivity contribution is -0.133. The van der Waals surface area contributed by atoms with E-state index in [1.165, 1.54) is 23.1 Å². The van der Waals surface area contributed by atoms with E-state index in [9.17, 15) is 4.79 Å². The second-order valence-electron chi connectivity index (χ2n) is 3.75. The summed E-state index contributed by atoms with van der Waals surface area (Å²) in [5.74, 6) is -0.830. The van der Waals surface area contributed by atoms with Gasteiger partial charge in [0.05, 0.1) is 5.75 Å². The van der Waals surface area contributed by atoms with Crippen molar-refractivity contribution in [2.75, 3.05) is 31.7 Å². The molecule has 1 heterocycles. The lowest BCUT2D eigenvalue weighted by Gasteiger charge is -2.19. The van der Waals surface area contributed by atoms with Gasteiger partial charge in [-0.15, -0.1) is 10.2 Å². The number of aliphatic carboxylic acids is 1. The number of thioether (sulfide) groups is 1. The first kappa shape index (κ1) is 14.2. The summed E-state index contributed by atoms with van der Waals surface area (Å²) in [6.07, 6.45) is 0. The molecule has 0 saturated heterocycles. The molecule has 0 fully saturated rings. The van der Waals surface area contributed by atoms with Gasteiger partial charge in [-0.1, -0.05) is 23.1 Å². The van der Waals surface area contributed by atoms with E-state index in [1.807, 2.05) is 14.1 Å². The van der Waals surface area contributed by atoms with Gasteiger partial charge in [0.1, 0.15) is 0 Å². The van der Waals surface area contributed by atoms with Gasteiger partial charge in [-0.3, -0.25) is 4.79 Å². The van der Waals surface area contributed by atoms with Crippen molar-refractivity contribution in [2.24, 2.45) is 0 Å². The SMILES string of the molecule is CC(CNc1nnc(SCC(=O)O)s1)N(C)C. The second-order valence-corrected chi connectivity index (χ2v) is 5.95. The minimum atomic E-state index is -0.846. The van der Waals surface area contributed by atoms with Gasteiger partial charge in [-0.25, -0.2) is 0 Å². The van der Waals surface area contributed by atoms with E-state index in [0.29, 0.717) is 10.4 Å². The van der Waals surface area contributed by atoms with Crippen LogP contribution in [0, 0.1) is 0 Å². The van der Waals surface area contributed by atoms with E-state index in [4.69, 9.17) is 5.11 Å². The number of nitrogens with one attached hydrogen (secondary N) is 1. The summed E-state index contributed by atoms with van der Waals surface area (Å²) >= 11 is 2.56. The number of carbonyl (C=O) groups is 1. The summed E-state index contributed by atoms with van der Waals surface area (Å²) in [7, 11) is 4.03. The van der Waals surface area contributed by atoms with Crippen molar-refractivity contribution >= 4 is 34.2 Å². The molecule has 0 aliphatic rings. The highest BCUT2D eigenvalue weighted by Crippen LogP contribution is 2.25. The molecule has 0 radical (unpaired) electrons. The predicted molar refractivity (Wildman–Crippen MR) is 69.9 cm³/mol. The Morgan fingerprint density at radius 2 is 2.29 bits per heavy atom. The van der Waals surface area contributed by atoms with Gasteiger partial charge in [0, 0.05) is 12.6 Å². The first-order chi connectivity index (χ1) is 7.99. The van der Waals surface area contributed by atoms with Crippen LogP contribution in [0.2, 0.25) is 0 Å². The van der Waals surface area contributed by atoms with Crippen LogP contribution in [-0.4, -0.2) is 58.6 Å². The largest absolute Gasteiger partial charge is 0.481 e. The molecule has 1 aromatic heterocycles. The van der Waals surface area contributed by atoms with Gasteiger partial charge in [0.15, 0.2) is 4.34 Å². The van der Waals surface area contributed by atoms with Crippen LogP contribution in [0.5, 0.6) is 0 Å². The number of anilines is 1. The highest BCUT2D eigenvalue weighted by atomic mass is 32.2. The van der Waals surface area contributed by atoms with E-state index in [2.05, 4.69) is 27.3 Å². The topological polar surface area (TPSA) is 78.3 Å². The average molecular weight is 276 g/mol. The summed E-state index contributed by atoms with van der Waals surface area (Å²) in [5.41, 5.74) is 0. The summed E-state index contributed by atoms with van der Waals surface area (Å²) in [6, 6.07) is 0.397. The van der Waals surface area contributed by atoms with Crippen molar-refractivity contribution < 1.29 is 9.90 Å². The van der Waals surface area contributed by atoms with Crippen LogP contribution < -0.4 is 5.32 Å². The first-order valence-corrected chi connectivity index (χ1v) is 6.87. The van der Waals surface area contributed by atoms with Crippen LogP contribution in [0.3, 0.4) is 0 Å². The summed E-state index contributed by atoms with van der Waals surface area (Å²) in [5, 5.41) is 20.3. The van der Waals surface area contributed by atoms with E-state index < -0.39 is 5.97 Å². The van der Waals surface area contributed by atoms with Crippen molar-refractivity contribution in [2.45, 2.75) is 17.3 Å². The normalized spacial score (nSPS) is 12.7. The zero-order valence-electron chi connectivity index (χ0n) is 10.0. The Bertz CT molecular complexity index is 370. The summed E-state index contributed by atoms with van der Waals surface area (Å²) in [6.45, 7) is 2.89. The maximum absolute atomic E-state index is 10.4. The Kier molecular flexibility index (Phi) is 5.66. The van der Waals surface area contributed by atoms with Crippen molar-refractivity contribution in [3.8, 4) is 0 Å². The molecule has 1 unspecified atom stereocenters. The third-order valence-electron chi connectivity index (χ3n) is 2.16. The second kappa shape index (κ2) is 6.77. The van der Waals surface area contributed by atoms with E-state index >= 15 is 0 Å². The number of aromatic nitrogens is 2. The molecule has 1 rings (SSSR count). The van der Waals surface area contributed by atoms with Crippen LogP contribution in [-0.2, 0) is 4.79 Å². The van der Waals surface area contributed by atoms with Crippen molar-refractivity contribution in [3.05, 3.63) is 0 Å². The van der Waals surface area contributed by atoms with Crippen LogP contribution in [0.1, 0.15) is 6.92 Å². The molecule has 17 heavy (non-hydrogen) atoms. The molecule has 0 aliphatic carbocycles. The Hall–Kier alpha value is -0.860. The molecule has 0 spiro atoms. The van der Waals surface area contributed by atoms with Crippen molar-refractivity contribution in [1.82, 2.24) is 15.1 Å². The van der Waals surface area contributed by atoms with Gasteiger partial charge in [0.25, 0.3) is 0 Å². The Labute approximate surface area is 108 Å². The molecular weight excluding hydrogens is 260 g/mol. The van der Waals surface area contributed by atoms with Crippen molar-refractivity contribution in [3.63, 3.8) is 0 Å². The van der Waals surface area contributed by atoms with Crippen LogP contribution in [0.4, 0.5) is 5.13 Å². The van der Waals surface area contributed by atoms with E-state index in [-0.39, 0.29) is 5.75 Å². The van der Waals surface area contributed by atoms with Crippen LogP contribution in [0.25, 0.3) is 0 Å². The van der Waals surface area contributed by atoms with Crippen LogP contribution in [0.15, 0.2) is 4.34 Å². The third-order valence-corrected chi connectivity index (χ3v) is 4.15. The monoisotopic (exact) mass is 276 g/mol. The summed E-state index contributed by atoms with van der Waals surface area (Å²) < 4.78 is 0.674. The molecule has 0 bridgehead atoms. The smallest absolute Gasteiger partial charge is 0.313 e. The van der Waals surface area contributed by atoms with Gasteiger partial charge in [0.2, 0.25) is 5.13 Å². The molecule has 0 aromatic carbocycles. The van der Waals surface area contributed by atoms with Gasteiger partial charge < -0.3 is 15.3 Å². The predicted octanol–water partition coefficient (Wildman–Crippen LogP) is 1.08. The Morgan fingerprint density at radius 1 is 1.59 bits per heavy atom. The number of carboxylic acids is 1. The van der Waals surface area contributed by atoms with Crippen molar-refractivity contribution in [1.29, 1.82) is 0 Å². The number of hydrogen-bond acceptors (Lipinski definition) is 7. The lowest BCUT2D eigenvalue weighted by atomic mass is 10.3. The minimum absolute atomic E-state index is 0.0166. The fraction of sp³-hybridized carbons (Fsp3) is 0.667. The number of likely N-dealkylation sites (N-methyl/N-ethyl adjacent to an activating group) is 1. The fourth-order valence-corrected chi connectivity index (χ4v) is 2.36. The average Bonchev–Trinajstić information content (AvgIpc) is 2.70. The number of nitrogens with zero attached hydrogens (tertiary/aromatic N) is 3. The highest BCUT2D eigenvalue weighted by Gasteiger charge is 2.09. The maximum Gasteiger partial charge on any atom is 0.313 e. The number of carboxylic acid groups (broad SMARTS) is 1. The quantitative estimate of drug-likeness (QED) is 0.721. The standard InChI is InChI=1S/C9H16N4O2S2/c1-6(13(2)3)4-10-8-11-12-9(17-8)16-5-7(14)15/h6H,4-5H2,1-3H3,(H,10,11)(H,14,15). The number of hydrogen-bond donors (Lipinski definition) is 2. The van der Waals surface area contributed by atoms with Gasteiger partial charge in [-0.05, 0) is 21.0 Å². The molecular formula is C9H16N4O2S2. The molecule has 96 valence electrons. The van der Waals surface area contributed by atoms with Gasteiger partial charge in [-0.2, -0.15) is 0 Å². The molecule has 1 atom stereocenters. The van der Waals surface area contributed by atoms with Crippen LogP contribution >= 0.6 is 23.1 Å². The highest BCUT2D eigenvalue weighted by molar-refractivity contribution is 8.01. The maximum atomic E-state index is 10.4. The zero-order valence-corrected chi connectivity index (χ0v) is 11.6. The van der Waals surface area contributed by atoms with E-state index in [0.717, 1.165) is 11.7 Å². The molecule has 2 N–H and O–H groups in total. The zero-order chi connectivity index (χ0) is 12.8.